The normalized spacial score (nSPS) is 14.2. The number of hydrogen-bond acceptors (Lipinski definition) is 4. The van der Waals surface area contributed by atoms with E-state index < -0.39 is 11.7 Å². The summed E-state index contributed by atoms with van der Waals surface area (Å²) in [7, 11) is 0. The summed E-state index contributed by atoms with van der Waals surface area (Å²) in [4.78, 5) is 37.1. The van der Waals surface area contributed by atoms with Gasteiger partial charge < -0.3 is 9.80 Å². The maximum Gasteiger partial charge on any atom is 0.416 e. The van der Waals surface area contributed by atoms with E-state index in [4.69, 9.17) is 34.8 Å². The molecule has 0 fully saturated rings. The van der Waals surface area contributed by atoms with Gasteiger partial charge >= 0.3 is 6.18 Å². The summed E-state index contributed by atoms with van der Waals surface area (Å²) in [6.45, 7) is 1.08. The van der Waals surface area contributed by atoms with E-state index in [0.717, 1.165) is 34.9 Å². The minimum Gasteiger partial charge on any atom is -0.306 e. The Morgan fingerprint density at radius 3 is 1.71 bits per heavy atom. The van der Waals surface area contributed by atoms with Crippen molar-refractivity contribution in [3.05, 3.63) is 152 Å². The van der Waals surface area contributed by atoms with Gasteiger partial charge in [0.2, 0.25) is 0 Å². The summed E-state index contributed by atoms with van der Waals surface area (Å²) < 4.78 is 39.8. The number of benzene rings is 3. The fourth-order valence-electron chi connectivity index (χ4n) is 5.99. The van der Waals surface area contributed by atoms with Crippen LogP contribution in [0.1, 0.15) is 54.1 Å². The highest BCUT2D eigenvalue weighted by molar-refractivity contribution is 6.31. The lowest BCUT2D eigenvalue weighted by Gasteiger charge is -2.28. The zero-order chi connectivity index (χ0) is 34.7. The Morgan fingerprint density at radius 1 is 0.673 bits per heavy atom. The number of carbonyl (C=O) groups is 2. The number of hydrogen-bond donors (Lipinski definition) is 0. The summed E-state index contributed by atoms with van der Waals surface area (Å²) in [5.74, 6) is 0.198. The van der Waals surface area contributed by atoms with Crippen molar-refractivity contribution >= 4 is 58.0 Å². The van der Waals surface area contributed by atoms with Crippen LogP contribution < -0.4 is 9.80 Å². The maximum absolute atomic E-state index is 13.3. The summed E-state index contributed by atoms with van der Waals surface area (Å²) in [6, 6.07) is 19.7. The van der Waals surface area contributed by atoms with E-state index in [-0.39, 0.29) is 23.8 Å². The van der Waals surface area contributed by atoms with Crippen molar-refractivity contribution < 1.29 is 22.8 Å². The molecule has 0 spiro atoms. The van der Waals surface area contributed by atoms with Crippen LogP contribution in [-0.2, 0) is 31.3 Å². The van der Waals surface area contributed by atoms with Gasteiger partial charge in [0.05, 0.1) is 29.3 Å². The van der Waals surface area contributed by atoms with E-state index in [9.17, 15) is 22.8 Å². The fraction of sp³-hybridized carbons (Fsp3) is 0.189. The zero-order valence-electron chi connectivity index (χ0n) is 25.9. The van der Waals surface area contributed by atoms with Crippen LogP contribution in [-0.4, -0.2) is 34.9 Å². The van der Waals surface area contributed by atoms with Gasteiger partial charge in [0.1, 0.15) is 0 Å². The summed E-state index contributed by atoms with van der Waals surface area (Å²) in [6.07, 6.45) is 3.56. The number of rotatable bonds is 5. The van der Waals surface area contributed by atoms with Crippen LogP contribution in [0, 0.1) is 0 Å². The fourth-order valence-corrected chi connectivity index (χ4v) is 6.53. The van der Waals surface area contributed by atoms with Crippen LogP contribution in [0.15, 0.2) is 97.6 Å². The highest BCUT2D eigenvalue weighted by Crippen LogP contribution is 2.34. The van der Waals surface area contributed by atoms with E-state index in [1.165, 1.54) is 18.3 Å². The summed E-state index contributed by atoms with van der Waals surface area (Å²) in [5.41, 5.74) is 5.54. The van der Waals surface area contributed by atoms with Crippen LogP contribution in [0.5, 0.6) is 0 Å². The van der Waals surface area contributed by atoms with Crippen molar-refractivity contribution in [2.24, 2.45) is 0 Å². The van der Waals surface area contributed by atoms with Crippen LogP contribution in [0.25, 0.3) is 0 Å². The van der Waals surface area contributed by atoms with E-state index in [2.05, 4.69) is 9.97 Å². The molecule has 0 saturated carbocycles. The van der Waals surface area contributed by atoms with Crippen molar-refractivity contribution in [3.63, 3.8) is 0 Å². The molecular formula is C37H28Cl3F3N4O2. The molecule has 0 bridgehead atoms. The smallest absolute Gasteiger partial charge is 0.306 e. The first kappa shape index (κ1) is 34.4. The first-order valence-corrected chi connectivity index (χ1v) is 16.6. The van der Waals surface area contributed by atoms with Crippen molar-refractivity contribution in [1.29, 1.82) is 0 Å². The number of amides is 2. The average molecular weight is 724 g/mol. The Morgan fingerprint density at radius 2 is 1.18 bits per heavy atom. The molecule has 3 aromatic carbocycles. The second-order valence-electron chi connectivity index (χ2n) is 11.6. The molecule has 0 saturated heterocycles. The lowest BCUT2D eigenvalue weighted by molar-refractivity contribution is -0.138. The molecule has 12 heteroatoms. The number of nitrogens with zero attached hydrogens (tertiary/aromatic N) is 4. The van der Waals surface area contributed by atoms with Crippen LogP contribution in [0.3, 0.4) is 0 Å². The highest BCUT2D eigenvalue weighted by atomic mass is 35.5. The van der Waals surface area contributed by atoms with Gasteiger partial charge in [-0.05, 0) is 102 Å². The highest BCUT2D eigenvalue weighted by Gasteiger charge is 2.33. The van der Waals surface area contributed by atoms with Crippen molar-refractivity contribution in [2.45, 2.75) is 31.3 Å². The molecule has 250 valence electrons. The van der Waals surface area contributed by atoms with Gasteiger partial charge in [-0.1, -0.05) is 41.4 Å². The maximum atomic E-state index is 13.3. The van der Waals surface area contributed by atoms with Crippen LogP contribution in [0.2, 0.25) is 10.0 Å². The quantitative estimate of drug-likeness (QED) is 0.170. The predicted octanol–water partition coefficient (Wildman–Crippen LogP) is 9.22. The number of anilines is 2. The molecule has 0 aliphatic carbocycles. The van der Waals surface area contributed by atoms with E-state index in [1.807, 2.05) is 12.1 Å². The molecule has 6 nitrogen and oxygen atoms in total. The minimum atomic E-state index is -4.42. The number of carbonyl (C=O) groups excluding carboxylic acids is 2. The zero-order valence-corrected chi connectivity index (χ0v) is 28.1. The molecule has 2 aliphatic rings. The van der Waals surface area contributed by atoms with Gasteiger partial charge in [0, 0.05) is 52.5 Å². The van der Waals surface area contributed by atoms with Crippen molar-refractivity contribution in [3.8, 4) is 0 Å². The molecule has 49 heavy (non-hydrogen) atoms. The van der Waals surface area contributed by atoms with E-state index in [1.54, 1.807) is 70.9 Å². The monoisotopic (exact) mass is 722 g/mol. The second-order valence-corrected chi connectivity index (χ2v) is 12.7. The third kappa shape index (κ3) is 7.75. The Kier molecular flexibility index (Phi) is 10.2. The molecule has 0 unspecified atom stereocenters. The van der Waals surface area contributed by atoms with Crippen molar-refractivity contribution in [1.82, 2.24) is 9.97 Å². The molecule has 0 N–H and O–H groups in total. The topological polar surface area (TPSA) is 66.4 Å². The number of pyridine rings is 2. The molecule has 4 heterocycles. The molecule has 5 aromatic rings. The summed E-state index contributed by atoms with van der Waals surface area (Å²) >= 11 is 17.8. The first-order valence-electron chi connectivity index (χ1n) is 15.3. The number of aromatic nitrogens is 2. The lowest BCUT2D eigenvalue weighted by Crippen LogP contribution is -2.37. The number of fused-ring (bicyclic) bond motifs is 2. The van der Waals surface area contributed by atoms with Gasteiger partial charge in [0.15, 0.2) is 0 Å². The largest absolute Gasteiger partial charge is 0.416 e. The van der Waals surface area contributed by atoms with Gasteiger partial charge in [0.25, 0.3) is 11.8 Å². The Labute approximate surface area is 296 Å². The van der Waals surface area contributed by atoms with Crippen LogP contribution >= 0.6 is 34.8 Å². The summed E-state index contributed by atoms with van der Waals surface area (Å²) in [5, 5.41) is 1.24. The Balaban J connectivity index is 0.000000182. The number of alkyl halides is 4. The second kappa shape index (κ2) is 14.6. The Hall–Kier alpha value is -4.44. The van der Waals surface area contributed by atoms with Gasteiger partial charge in [-0.25, -0.2) is 0 Å². The van der Waals surface area contributed by atoms with E-state index in [0.29, 0.717) is 57.8 Å². The standard InChI is InChI=1S/C22H16ClF3N2O.C15H12Cl2N2O/c23-17-5-6-19-15(11-17)7-8-28(21(19)29)18-10-14(12-27-13-18)9-16-3-1-2-4-20(16)22(24,25)26;16-7-10-5-13(9-18-8-10)19-4-3-11-6-12(17)1-2-14(11)15(19)20/h1-6,10-13H,7-9H2;1-2,5-6,8-9H,3-4,7H2. The van der Waals surface area contributed by atoms with Gasteiger partial charge in [-0.2, -0.15) is 13.2 Å². The third-order valence-electron chi connectivity index (χ3n) is 8.35. The average Bonchev–Trinajstić information content (AvgIpc) is 3.08. The van der Waals surface area contributed by atoms with Gasteiger partial charge in [-0.3, -0.25) is 19.6 Å². The van der Waals surface area contributed by atoms with Gasteiger partial charge in [-0.15, -0.1) is 11.6 Å². The molecule has 7 rings (SSSR count). The molecule has 2 aromatic heterocycles. The molecule has 2 amide bonds. The Bertz CT molecular complexity index is 2040. The minimum absolute atomic E-state index is 0.0172. The number of halogens is 6. The van der Waals surface area contributed by atoms with Crippen LogP contribution in [0.4, 0.5) is 24.5 Å². The molecule has 0 atom stereocenters. The predicted molar refractivity (Wildman–Crippen MR) is 186 cm³/mol. The molecule has 0 radical (unpaired) electrons. The molecular weight excluding hydrogens is 696 g/mol. The van der Waals surface area contributed by atoms with E-state index >= 15 is 0 Å². The van der Waals surface area contributed by atoms with Crippen molar-refractivity contribution in [2.75, 3.05) is 22.9 Å². The SMILES string of the molecule is O=C1c2ccc(Cl)cc2CCN1c1cncc(CCl)c1.O=C1c2ccc(Cl)cc2CCN1c1cncc(Cc2ccccc2C(F)(F)F)c1. The lowest BCUT2D eigenvalue weighted by atomic mass is 9.98. The first-order chi connectivity index (χ1) is 23.5. The molecule has 2 aliphatic heterocycles. The third-order valence-corrected chi connectivity index (χ3v) is 9.13.